The van der Waals surface area contributed by atoms with Crippen molar-refractivity contribution in [1.29, 1.82) is 0 Å². The molecular formula is C39H37FN8O8. The van der Waals surface area contributed by atoms with Gasteiger partial charge in [-0.3, -0.25) is 48.6 Å². The number of amides is 7. The maximum Gasteiger partial charge on any atom is 0.272 e. The van der Waals surface area contributed by atoms with E-state index in [1.807, 2.05) is 0 Å². The molecule has 4 N–H and O–H groups in total. The minimum Gasteiger partial charge on any atom is -0.339 e. The van der Waals surface area contributed by atoms with E-state index in [1.165, 1.54) is 35.2 Å². The molecule has 56 heavy (non-hydrogen) atoms. The monoisotopic (exact) mass is 764 g/mol. The molecule has 3 aromatic carbocycles. The predicted molar refractivity (Wildman–Crippen MR) is 198 cm³/mol. The number of aromatic nitrogens is 2. The number of carbonyl (C=O) groups is 7. The number of nitrogens with one attached hydrogen (secondary N) is 4. The molecule has 0 spiro atoms. The second-order valence-electron chi connectivity index (χ2n) is 13.7. The fraction of sp³-hybridized carbons (Fsp3) is 0.308. The summed E-state index contributed by atoms with van der Waals surface area (Å²) < 4.78 is 14.9. The molecule has 17 heteroatoms. The molecule has 0 radical (unpaired) electrons. The average molecular weight is 765 g/mol. The van der Waals surface area contributed by atoms with Crippen LogP contribution < -0.4 is 21.5 Å². The summed E-state index contributed by atoms with van der Waals surface area (Å²) in [5.74, 6) is -4.39. The fourth-order valence-corrected chi connectivity index (χ4v) is 7.21. The van der Waals surface area contributed by atoms with E-state index in [0.29, 0.717) is 35.0 Å². The number of piperazine rings is 1. The van der Waals surface area contributed by atoms with Gasteiger partial charge in [-0.1, -0.05) is 30.3 Å². The minimum absolute atomic E-state index is 0.00944. The first-order chi connectivity index (χ1) is 27.0. The number of halogens is 1. The Morgan fingerprint density at radius 2 is 1.62 bits per heavy atom. The molecule has 1 unspecified atom stereocenters. The lowest BCUT2D eigenvalue weighted by atomic mass is 10.0. The Morgan fingerprint density at radius 1 is 0.875 bits per heavy atom. The molecule has 4 heterocycles. The van der Waals surface area contributed by atoms with Crippen LogP contribution in [0.1, 0.15) is 68.0 Å². The highest BCUT2D eigenvalue weighted by atomic mass is 19.1. The Labute approximate surface area is 318 Å². The average Bonchev–Trinajstić information content (AvgIpc) is 3.45. The van der Waals surface area contributed by atoms with Crippen LogP contribution in [0.3, 0.4) is 0 Å². The summed E-state index contributed by atoms with van der Waals surface area (Å²) in [6.45, 7) is 1.18. The van der Waals surface area contributed by atoms with Crippen LogP contribution in [0.25, 0.3) is 10.8 Å². The topological polar surface area (TPSA) is 211 Å². The maximum atomic E-state index is 14.9. The molecule has 0 bridgehead atoms. The first-order valence-corrected chi connectivity index (χ1v) is 18.2. The van der Waals surface area contributed by atoms with Gasteiger partial charge in [-0.2, -0.15) is 5.10 Å². The van der Waals surface area contributed by atoms with E-state index in [1.54, 1.807) is 35.2 Å². The molecule has 2 fully saturated rings. The Bertz CT molecular complexity index is 2350. The van der Waals surface area contributed by atoms with Crippen molar-refractivity contribution < 1.29 is 38.0 Å². The van der Waals surface area contributed by atoms with Crippen LogP contribution in [0.15, 0.2) is 65.5 Å². The Balaban J connectivity index is 0.851. The van der Waals surface area contributed by atoms with E-state index in [9.17, 15) is 42.7 Å². The van der Waals surface area contributed by atoms with Gasteiger partial charge in [-0.15, -0.1) is 0 Å². The van der Waals surface area contributed by atoms with Gasteiger partial charge in [0.25, 0.3) is 23.3 Å². The lowest BCUT2D eigenvalue weighted by Gasteiger charge is -2.35. The van der Waals surface area contributed by atoms with Crippen molar-refractivity contribution in [3.8, 4) is 0 Å². The Morgan fingerprint density at radius 3 is 2.39 bits per heavy atom. The number of anilines is 1. The number of piperidine rings is 1. The van der Waals surface area contributed by atoms with E-state index >= 15 is 0 Å². The zero-order valence-electron chi connectivity index (χ0n) is 30.1. The highest BCUT2D eigenvalue weighted by molar-refractivity contribution is 6.26. The third-order valence-corrected chi connectivity index (χ3v) is 10.1. The number of fused-ring (bicyclic) bond motifs is 2. The van der Waals surface area contributed by atoms with E-state index in [0.717, 1.165) is 4.90 Å². The molecule has 2 saturated heterocycles. The second-order valence-corrected chi connectivity index (χ2v) is 13.7. The van der Waals surface area contributed by atoms with Crippen molar-refractivity contribution in [3.05, 3.63) is 105 Å². The van der Waals surface area contributed by atoms with Gasteiger partial charge in [0, 0.05) is 50.8 Å². The van der Waals surface area contributed by atoms with Crippen LogP contribution in [0.2, 0.25) is 0 Å². The smallest absolute Gasteiger partial charge is 0.272 e. The molecule has 288 valence electrons. The van der Waals surface area contributed by atoms with Gasteiger partial charge in [0.15, 0.2) is 0 Å². The standard InChI is InChI=1S/C39H37FN8O8/c40-27-11-10-22(20-29-23-5-1-2-6-24(23)35(52)45-44-29)19-26(27)37(54)47-17-15-46(16-18-47)33(51)9-4-14-41-21-32(50)42-28-8-3-7-25-34(28)39(56)48(38(25)55)30-12-13-31(49)43-36(30)53/h1-3,5-8,10-11,19,30,41H,4,9,12-18,20-21H2,(H,42,50)(H,45,52)(H,43,49,53). The van der Waals surface area contributed by atoms with Crippen LogP contribution in [-0.4, -0.2) is 112 Å². The quantitative estimate of drug-likeness (QED) is 0.127. The lowest BCUT2D eigenvalue weighted by Crippen LogP contribution is -2.54. The van der Waals surface area contributed by atoms with Crippen LogP contribution in [0.4, 0.5) is 10.1 Å². The van der Waals surface area contributed by atoms with Gasteiger partial charge in [-0.25, -0.2) is 9.49 Å². The van der Waals surface area contributed by atoms with Crippen LogP contribution in [0.5, 0.6) is 0 Å². The molecule has 4 aromatic rings. The third kappa shape index (κ3) is 7.66. The highest BCUT2D eigenvalue weighted by Gasteiger charge is 2.45. The molecule has 0 aliphatic carbocycles. The maximum absolute atomic E-state index is 14.9. The summed E-state index contributed by atoms with van der Waals surface area (Å²) in [7, 11) is 0. The largest absolute Gasteiger partial charge is 0.339 e. The van der Waals surface area contributed by atoms with Crippen molar-refractivity contribution in [2.45, 2.75) is 38.1 Å². The van der Waals surface area contributed by atoms with Gasteiger partial charge in [0.1, 0.15) is 11.9 Å². The third-order valence-electron chi connectivity index (χ3n) is 10.1. The molecule has 0 saturated carbocycles. The Kier molecular flexibility index (Phi) is 10.8. The zero-order chi connectivity index (χ0) is 39.5. The molecule has 3 aliphatic heterocycles. The molecule has 7 rings (SSSR count). The van der Waals surface area contributed by atoms with Gasteiger partial charge in [-0.05, 0) is 55.3 Å². The lowest BCUT2D eigenvalue weighted by molar-refractivity contribution is -0.136. The Hall–Kier alpha value is -6.62. The zero-order valence-corrected chi connectivity index (χ0v) is 30.1. The van der Waals surface area contributed by atoms with Crippen molar-refractivity contribution in [2.24, 2.45) is 0 Å². The predicted octanol–water partition coefficient (Wildman–Crippen LogP) is 1.35. The SMILES string of the molecule is O=C1CCC(N2C(=O)c3cccc(NC(=O)CNCCCC(=O)N4CCN(C(=O)c5cc(Cc6n[nH]c(=O)c7ccccc67)ccc5F)CC4)c3C2=O)C(=O)N1. The number of hydrogen-bond acceptors (Lipinski definition) is 10. The summed E-state index contributed by atoms with van der Waals surface area (Å²) in [4.78, 5) is 105. The van der Waals surface area contributed by atoms with Gasteiger partial charge >= 0.3 is 0 Å². The molecule has 7 amide bonds. The fourth-order valence-electron chi connectivity index (χ4n) is 7.21. The number of hydrogen-bond donors (Lipinski definition) is 4. The van der Waals surface area contributed by atoms with E-state index in [-0.39, 0.29) is 92.3 Å². The molecule has 16 nitrogen and oxygen atoms in total. The number of carbonyl (C=O) groups excluding carboxylic acids is 7. The minimum atomic E-state index is -1.13. The summed E-state index contributed by atoms with van der Waals surface area (Å²) in [6.07, 6.45) is 0.865. The number of aromatic amines is 1. The van der Waals surface area contributed by atoms with Crippen molar-refractivity contribution in [1.82, 2.24) is 35.5 Å². The molecule has 1 atom stereocenters. The van der Waals surface area contributed by atoms with Gasteiger partial charge < -0.3 is 20.4 Å². The molecule has 3 aliphatic rings. The first-order valence-electron chi connectivity index (χ1n) is 18.2. The number of rotatable bonds is 11. The first kappa shape index (κ1) is 37.7. The normalized spacial score (nSPS) is 16.9. The number of H-pyrrole nitrogens is 1. The van der Waals surface area contributed by atoms with Crippen molar-refractivity contribution in [2.75, 3.05) is 44.6 Å². The summed E-state index contributed by atoms with van der Waals surface area (Å²) in [6, 6.07) is 14.6. The molecular weight excluding hydrogens is 727 g/mol. The van der Waals surface area contributed by atoms with Crippen molar-refractivity contribution >= 4 is 57.8 Å². The van der Waals surface area contributed by atoms with Crippen molar-refractivity contribution in [3.63, 3.8) is 0 Å². The van der Waals surface area contributed by atoms with Crippen LogP contribution in [-0.2, 0) is 25.6 Å². The van der Waals surface area contributed by atoms with E-state index in [4.69, 9.17) is 0 Å². The van der Waals surface area contributed by atoms with Gasteiger partial charge in [0.2, 0.25) is 23.6 Å². The highest BCUT2D eigenvalue weighted by Crippen LogP contribution is 2.32. The summed E-state index contributed by atoms with van der Waals surface area (Å²) >= 11 is 0. The van der Waals surface area contributed by atoms with Gasteiger partial charge in [0.05, 0.1) is 40.0 Å². The second kappa shape index (κ2) is 16.0. The van der Waals surface area contributed by atoms with Crippen LogP contribution in [0, 0.1) is 5.82 Å². The molecule has 1 aromatic heterocycles. The van der Waals surface area contributed by atoms with Crippen LogP contribution >= 0.6 is 0 Å². The van der Waals surface area contributed by atoms with E-state index < -0.39 is 47.3 Å². The summed E-state index contributed by atoms with van der Waals surface area (Å²) in [5, 5.41) is 15.6. The number of benzene rings is 3. The number of nitrogens with zero attached hydrogens (tertiary/aromatic N) is 4. The number of imide groups is 2. The summed E-state index contributed by atoms with van der Waals surface area (Å²) in [5.41, 5.74) is 0.958. The van der Waals surface area contributed by atoms with E-state index in [2.05, 4.69) is 26.1 Å².